The zero-order chi connectivity index (χ0) is 18.7. The predicted molar refractivity (Wildman–Crippen MR) is 85.0 cm³/mol. The third kappa shape index (κ3) is 5.34. The van der Waals surface area contributed by atoms with Crippen LogP contribution in [-0.2, 0) is 14.3 Å². The number of aliphatic hydroxyl groups is 2. The van der Waals surface area contributed by atoms with Crippen LogP contribution < -0.4 is 10.6 Å². The van der Waals surface area contributed by atoms with Gasteiger partial charge in [-0.05, 0) is 20.8 Å². The number of nitrogens with zero attached hydrogens (tertiary/aromatic N) is 1. The molecule has 1 aliphatic heterocycles. The largest absolute Gasteiger partial charge is 0.444 e. The van der Waals surface area contributed by atoms with E-state index in [1.165, 1.54) is 18.7 Å². The van der Waals surface area contributed by atoms with Crippen LogP contribution in [0.5, 0.6) is 0 Å². The van der Waals surface area contributed by atoms with E-state index >= 15 is 0 Å². The summed E-state index contributed by atoms with van der Waals surface area (Å²) in [5, 5.41) is 25.6. The highest BCUT2D eigenvalue weighted by Gasteiger charge is 2.50. The minimum Gasteiger partial charge on any atom is -0.444 e. The number of carbonyl (C=O) groups is 3. The molecule has 4 atom stereocenters. The molecule has 1 rings (SSSR count). The molecule has 0 radical (unpaired) electrons. The zero-order valence-corrected chi connectivity index (χ0v) is 14.7. The van der Waals surface area contributed by atoms with Gasteiger partial charge >= 0.3 is 6.09 Å². The van der Waals surface area contributed by atoms with Crippen molar-refractivity contribution in [3.05, 3.63) is 0 Å². The van der Waals surface area contributed by atoms with E-state index in [0.29, 0.717) is 0 Å². The van der Waals surface area contributed by atoms with Crippen molar-refractivity contribution in [1.82, 2.24) is 15.5 Å². The van der Waals surface area contributed by atoms with Crippen LogP contribution in [0.15, 0.2) is 0 Å². The molecule has 0 aromatic carbocycles. The van der Waals surface area contributed by atoms with E-state index in [1.807, 2.05) is 0 Å². The maximum absolute atomic E-state index is 12.5. The summed E-state index contributed by atoms with van der Waals surface area (Å²) in [5.41, 5.74) is -0.771. The molecule has 1 heterocycles. The fraction of sp³-hybridized carbons (Fsp3) is 0.800. The third-order valence-electron chi connectivity index (χ3n) is 3.58. The van der Waals surface area contributed by atoms with E-state index in [-0.39, 0.29) is 24.9 Å². The number of ether oxygens (including phenoxy) is 1. The van der Waals surface area contributed by atoms with Crippen LogP contribution in [0.2, 0.25) is 0 Å². The molecule has 1 aliphatic rings. The standard InChI is InChI=1S/C15H27N3O6/c1-8(19)16-6-10-12(21)13(22)11(7-17-9(2)20)18(10)14(23)24-15(3,4)5/h10-13,21-22H,6-7H2,1-5H3,(H,16,19)(H,17,20)/t10-,11-,12-,13-/m1/s1. The second-order valence-electron chi connectivity index (χ2n) is 6.88. The SMILES string of the molecule is CC(=O)NC[C@@H]1[C@@H](O)[C@H](O)[C@@H](CNC(C)=O)N1C(=O)OC(C)(C)C. The molecule has 3 amide bonds. The Morgan fingerprint density at radius 2 is 1.33 bits per heavy atom. The van der Waals surface area contributed by atoms with E-state index < -0.39 is 36.0 Å². The number of hydrogen-bond acceptors (Lipinski definition) is 6. The van der Waals surface area contributed by atoms with Crippen molar-refractivity contribution in [2.45, 2.75) is 64.5 Å². The number of amides is 3. The summed E-state index contributed by atoms with van der Waals surface area (Å²) in [7, 11) is 0. The molecule has 0 aromatic heterocycles. The summed E-state index contributed by atoms with van der Waals surface area (Å²) >= 11 is 0. The molecule has 0 spiro atoms. The molecule has 0 unspecified atom stereocenters. The van der Waals surface area contributed by atoms with Crippen molar-refractivity contribution in [3.8, 4) is 0 Å². The number of likely N-dealkylation sites (tertiary alicyclic amines) is 1. The highest BCUT2D eigenvalue weighted by atomic mass is 16.6. The average Bonchev–Trinajstić information content (AvgIpc) is 2.64. The van der Waals surface area contributed by atoms with Crippen molar-refractivity contribution < 1.29 is 29.3 Å². The van der Waals surface area contributed by atoms with Gasteiger partial charge in [0.25, 0.3) is 0 Å². The van der Waals surface area contributed by atoms with E-state index in [0.717, 1.165) is 0 Å². The highest BCUT2D eigenvalue weighted by Crippen LogP contribution is 2.27. The van der Waals surface area contributed by atoms with Gasteiger partial charge in [-0.15, -0.1) is 0 Å². The van der Waals surface area contributed by atoms with E-state index in [2.05, 4.69) is 10.6 Å². The van der Waals surface area contributed by atoms with E-state index in [9.17, 15) is 24.6 Å². The normalized spacial score (nSPS) is 26.9. The predicted octanol–water partition coefficient (Wildman–Crippen LogP) is -1.03. The minimum absolute atomic E-state index is 0.0383. The van der Waals surface area contributed by atoms with Gasteiger partial charge in [-0.2, -0.15) is 0 Å². The summed E-state index contributed by atoms with van der Waals surface area (Å²) in [6, 6.07) is -1.73. The van der Waals surface area contributed by atoms with Gasteiger partial charge in [-0.25, -0.2) is 4.79 Å². The van der Waals surface area contributed by atoms with Crippen LogP contribution in [0.4, 0.5) is 4.79 Å². The average molecular weight is 345 g/mol. The van der Waals surface area contributed by atoms with Gasteiger partial charge in [0, 0.05) is 26.9 Å². The maximum Gasteiger partial charge on any atom is 0.411 e. The molecule has 0 saturated carbocycles. The van der Waals surface area contributed by atoms with Crippen LogP contribution in [0.3, 0.4) is 0 Å². The Morgan fingerprint density at radius 3 is 1.62 bits per heavy atom. The number of nitrogens with one attached hydrogen (secondary N) is 2. The molecule has 0 aromatic rings. The summed E-state index contributed by atoms with van der Waals surface area (Å²) < 4.78 is 5.33. The Labute approximate surface area is 141 Å². The van der Waals surface area contributed by atoms with Gasteiger partial charge in [-0.3, -0.25) is 14.5 Å². The molecule has 138 valence electrons. The van der Waals surface area contributed by atoms with Crippen LogP contribution in [0, 0.1) is 0 Å². The van der Waals surface area contributed by atoms with E-state index in [1.54, 1.807) is 20.8 Å². The Hall–Kier alpha value is -1.87. The minimum atomic E-state index is -1.27. The molecule has 0 bridgehead atoms. The molecule has 9 nitrogen and oxygen atoms in total. The molecule has 9 heteroatoms. The quantitative estimate of drug-likeness (QED) is 0.516. The Morgan fingerprint density at radius 1 is 0.958 bits per heavy atom. The van der Waals surface area contributed by atoms with Crippen molar-refractivity contribution in [1.29, 1.82) is 0 Å². The van der Waals surface area contributed by atoms with Crippen LogP contribution in [0.25, 0.3) is 0 Å². The van der Waals surface area contributed by atoms with Crippen LogP contribution in [-0.4, -0.2) is 76.0 Å². The first-order chi connectivity index (χ1) is 10.9. The highest BCUT2D eigenvalue weighted by molar-refractivity contribution is 5.74. The van der Waals surface area contributed by atoms with Gasteiger partial charge in [-0.1, -0.05) is 0 Å². The molecule has 1 saturated heterocycles. The molecule has 4 N–H and O–H groups in total. The number of hydrogen-bond donors (Lipinski definition) is 4. The van der Waals surface area contributed by atoms with Crippen molar-refractivity contribution >= 4 is 17.9 Å². The third-order valence-corrected chi connectivity index (χ3v) is 3.58. The molecule has 0 aliphatic carbocycles. The Kier molecular flexibility index (Phi) is 6.56. The second-order valence-corrected chi connectivity index (χ2v) is 6.88. The number of carbonyl (C=O) groups excluding carboxylic acids is 3. The summed E-state index contributed by atoms with van der Waals surface area (Å²) in [5.74, 6) is -0.655. The summed E-state index contributed by atoms with van der Waals surface area (Å²) in [6.45, 7) is 7.62. The summed E-state index contributed by atoms with van der Waals surface area (Å²) in [6.07, 6.45) is -3.28. The first kappa shape index (κ1) is 20.2. The Bertz CT molecular complexity index is 460. The molecular formula is C15H27N3O6. The lowest BCUT2D eigenvalue weighted by Gasteiger charge is -2.32. The van der Waals surface area contributed by atoms with Gasteiger partial charge in [0.15, 0.2) is 0 Å². The zero-order valence-electron chi connectivity index (χ0n) is 14.7. The Balaban J connectivity index is 3.03. The van der Waals surface area contributed by atoms with Crippen LogP contribution >= 0.6 is 0 Å². The second kappa shape index (κ2) is 7.80. The molecule has 24 heavy (non-hydrogen) atoms. The van der Waals surface area contributed by atoms with Crippen molar-refractivity contribution in [2.75, 3.05) is 13.1 Å². The fourth-order valence-electron chi connectivity index (χ4n) is 2.55. The number of rotatable bonds is 4. The van der Waals surface area contributed by atoms with Gasteiger partial charge < -0.3 is 25.6 Å². The lowest BCUT2D eigenvalue weighted by Crippen LogP contribution is -2.53. The molecule has 1 fully saturated rings. The molecular weight excluding hydrogens is 318 g/mol. The van der Waals surface area contributed by atoms with Gasteiger partial charge in [0.05, 0.1) is 12.1 Å². The topological polar surface area (TPSA) is 128 Å². The summed E-state index contributed by atoms with van der Waals surface area (Å²) in [4.78, 5) is 36.0. The first-order valence-electron chi connectivity index (χ1n) is 7.80. The lowest BCUT2D eigenvalue weighted by atomic mass is 10.1. The lowest BCUT2D eigenvalue weighted by molar-refractivity contribution is -0.120. The smallest absolute Gasteiger partial charge is 0.411 e. The van der Waals surface area contributed by atoms with Crippen molar-refractivity contribution in [3.63, 3.8) is 0 Å². The fourth-order valence-corrected chi connectivity index (χ4v) is 2.55. The van der Waals surface area contributed by atoms with Gasteiger partial charge in [0.2, 0.25) is 11.8 Å². The first-order valence-corrected chi connectivity index (χ1v) is 7.80. The van der Waals surface area contributed by atoms with Crippen molar-refractivity contribution in [2.24, 2.45) is 0 Å². The van der Waals surface area contributed by atoms with Gasteiger partial charge in [0.1, 0.15) is 17.8 Å². The number of aliphatic hydroxyl groups excluding tert-OH is 2. The van der Waals surface area contributed by atoms with E-state index in [4.69, 9.17) is 4.74 Å². The maximum atomic E-state index is 12.5. The monoisotopic (exact) mass is 345 g/mol. The van der Waals surface area contributed by atoms with Crippen LogP contribution in [0.1, 0.15) is 34.6 Å².